The van der Waals surface area contributed by atoms with Crippen LogP contribution in [0.4, 0.5) is 4.79 Å². The molecule has 1 aliphatic rings. The minimum absolute atomic E-state index is 0.0598. The van der Waals surface area contributed by atoms with Crippen molar-refractivity contribution in [2.24, 2.45) is 0 Å². The summed E-state index contributed by atoms with van der Waals surface area (Å²) in [5, 5.41) is 9.61. The van der Waals surface area contributed by atoms with E-state index in [1.54, 1.807) is 6.92 Å². The maximum Gasteiger partial charge on any atom is 0.411 e. The quantitative estimate of drug-likeness (QED) is 0.796. The Hall–Kier alpha value is -2.08. The van der Waals surface area contributed by atoms with E-state index in [1.165, 1.54) is 11.8 Å². The largest absolute Gasteiger partial charge is 0.479 e. The predicted molar refractivity (Wildman–Crippen MR) is 84.0 cm³/mol. The molecule has 6 nitrogen and oxygen atoms in total. The van der Waals surface area contributed by atoms with Crippen molar-refractivity contribution >= 4 is 12.1 Å². The minimum Gasteiger partial charge on any atom is -0.479 e. The molecule has 1 aliphatic carbocycles. The third-order valence-corrected chi connectivity index (χ3v) is 3.89. The fourth-order valence-corrected chi connectivity index (χ4v) is 2.41. The molecular formula is C17H23NO5. The summed E-state index contributed by atoms with van der Waals surface area (Å²) in [5.74, 6) is -1.09. The molecule has 1 fully saturated rings. The summed E-state index contributed by atoms with van der Waals surface area (Å²) >= 11 is 0. The Morgan fingerprint density at radius 1 is 1.30 bits per heavy atom. The normalized spacial score (nSPS) is 16.4. The lowest BCUT2D eigenvalue weighted by Crippen LogP contribution is -2.59. The molecule has 1 aromatic carbocycles. The average molecular weight is 321 g/mol. The molecule has 0 aliphatic heterocycles. The Morgan fingerprint density at radius 3 is 2.48 bits per heavy atom. The van der Waals surface area contributed by atoms with E-state index in [1.807, 2.05) is 30.3 Å². The van der Waals surface area contributed by atoms with Crippen LogP contribution in [0.1, 0.15) is 32.3 Å². The number of carboxylic acid groups (broad SMARTS) is 1. The van der Waals surface area contributed by atoms with Crippen LogP contribution < -0.4 is 0 Å². The summed E-state index contributed by atoms with van der Waals surface area (Å²) in [4.78, 5) is 25.6. The van der Waals surface area contributed by atoms with Gasteiger partial charge in [0.1, 0.15) is 6.61 Å². The van der Waals surface area contributed by atoms with Crippen LogP contribution in [0.25, 0.3) is 0 Å². The predicted octanol–water partition coefficient (Wildman–Crippen LogP) is 2.67. The fourth-order valence-electron chi connectivity index (χ4n) is 2.41. The Labute approximate surface area is 136 Å². The van der Waals surface area contributed by atoms with E-state index in [4.69, 9.17) is 9.47 Å². The minimum atomic E-state index is -1.43. The highest BCUT2D eigenvalue weighted by atomic mass is 16.6. The van der Waals surface area contributed by atoms with E-state index in [0.29, 0.717) is 6.61 Å². The number of amides is 1. The van der Waals surface area contributed by atoms with Gasteiger partial charge in [-0.3, -0.25) is 4.90 Å². The number of hydrogen-bond donors (Lipinski definition) is 1. The van der Waals surface area contributed by atoms with Gasteiger partial charge in [-0.05, 0) is 32.3 Å². The zero-order valence-electron chi connectivity index (χ0n) is 13.5. The zero-order chi connectivity index (χ0) is 16.9. The molecule has 0 heterocycles. The van der Waals surface area contributed by atoms with Gasteiger partial charge in [-0.1, -0.05) is 30.3 Å². The van der Waals surface area contributed by atoms with Crippen LogP contribution in [0.15, 0.2) is 30.3 Å². The highest BCUT2D eigenvalue weighted by Crippen LogP contribution is 2.34. The van der Waals surface area contributed by atoms with Crippen LogP contribution >= 0.6 is 0 Å². The molecule has 2 rings (SSSR count). The molecule has 0 aromatic heterocycles. The number of aliphatic carboxylic acids is 1. The highest BCUT2D eigenvalue weighted by molar-refractivity contribution is 5.84. The second-order valence-electron chi connectivity index (χ2n) is 5.86. The molecule has 0 bridgehead atoms. The van der Waals surface area contributed by atoms with Gasteiger partial charge in [-0.15, -0.1) is 0 Å². The van der Waals surface area contributed by atoms with Gasteiger partial charge in [0.2, 0.25) is 0 Å². The van der Waals surface area contributed by atoms with E-state index in [-0.39, 0.29) is 19.3 Å². The second kappa shape index (κ2) is 7.46. The van der Waals surface area contributed by atoms with E-state index in [2.05, 4.69) is 0 Å². The third-order valence-electron chi connectivity index (χ3n) is 3.89. The molecule has 1 atom stereocenters. The van der Waals surface area contributed by atoms with Crippen LogP contribution in [0.3, 0.4) is 0 Å². The van der Waals surface area contributed by atoms with Gasteiger partial charge < -0.3 is 14.6 Å². The molecule has 0 saturated heterocycles. The van der Waals surface area contributed by atoms with Gasteiger partial charge >= 0.3 is 12.1 Å². The van der Waals surface area contributed by atoms with Gasteiger partial charge in [0.25, 0.3) is 0 Å². The van der Waals surface area contributed by atoms with Crippen molar-refractivity contribution in [1.82, 2.24) is 4.90 Å². The van der Waals surface area contributed by atoms with Crippen molar-refractivity contribution in [2.75, 3.05) is 13.2 Å². The Kier molecular flexibility index (Phi) is 5.60. The molecular weight excluding hydrogens is 298 g/mol. The maximum absolute atomic E-state index is 12.5. The van der Waals surface area contributed by atoms with Crippen LogP contribution in [0.5, 0.6) is 0 Å². The number of ether oxygens (including phenoxy) is 2. The van der Waals surface area contributed by atoms with Gasteiger partial charge in [0, 0.05) is 12.6 Å². The molecule has 6 heteroatoms. The van der Waals surface area contributed by atoms with E-state index < -0.39 is 17.6 Å². The van der Waals surface area contributed by atoms with Gasteiger partial charge in [-0.2, -0.15) is 0 Å². The molecule has 1 amide bonds. The lowest BCUT2D eigenvalue weighted by molar-refractivity contribution is -0.154. The summed E-state index contributed by atoms with van der Waals surface area (Å²) in [6.45, 7) is 3.74. The number of carbonyl (C=O) groups is 2. The fraction of sp³-hybridized carbons (Fsp3) is 0.529. The highest BCUT2D eigenvalue weighted by Gasteiger charge is 2.50. The lowest BCUT2D eigenvalue weighted by Gasteiger charge is -2.37. The number of nitrogens with zero attached hydrogens (tertiary/aromatic N) is 1. The average Bonchev–Trinajstić information content (AvgIpc) is 3.36. The number of carboxylic acids is 1. The summed E-state index contributed by atoms with van der Waals surface area (Å²) in [5.41, 5.74) is -0.566. The molecule has 1 N–H and O–H groups in total. The topological polar surface area (TPSA) is 76.1 Å². The van der Waals surface area contributed by atoms with Crippen molar-refractivity contribution in [3.63, 3.8) is 0 Å². The third kappa shape index (κ3) is 4.22. The number of rotatable bonds is 8. The van der Waals surface area contributed by atoms with E-state index in [0.717, 1.165) is 18.4 Å². The van der Waals surface area contributed by atoms with Gasteiger partial charge in [-0.25, -0.2) is 9.59 Å². The van der Waals surface area contributed by atoms with Crippen molar-refractivity contribution in [1.29, 1.82) is 0 Å². The molecule has 0 radical (unpaired) electrons. The smallest absolute Gasteiger partial charge is 0.411 e. The van der Waals surface area contributed by atoms with Crippen LogP contribution in [-0.4, -0.2) is 46.9 Å². The van der Waals surface area contributed by atoms with Gasteiger partial charge in [0.05, 0.1) is 6.61 Å². The van der Waals surface area contributed by atoms with Crippen molar-refractivity contribution in [3.8, 4) is 0 Å². The number of hydrogen-bond acceptors (Lipinski definition) is 4. The SMILES string of the molecule is CCOCC(C)(C(=O)O)N(C(=O)OCc1ccccc1)C1CC1. The first-order valence-electron chi connectivity index (χ1n) is 7.80. The molecule has 126 valence electrons. The first-order chi connectivity index (χ1) is 11.0. The number of benzene rings is 1. The molecule has 1 aromatic rings. The Bertz CT molecular complexity index is 543. The standard InChI is InChI=1S/C17H23NO5/c1-3-22-12-17(2,15(19)20)18(14-9-10-14)16(21)23-11-13-7-5-4-6-8-13/h4-8,14H,3,9-12H2,1-2H3,(H,19,20). The van der Waals surface area contributed by atoms with E-state index >= 15 is 0 Å². The molecule has 1 saturated carbocycles. The van der Waals surface area contributed by atoms with Crippen molar-refractivity contribution < 1.29 is 24.2 Å². The summed E-state index contributed by atoms with van der Waals surface area (Å²) in [7, 11) is 0. The maximum atomic E-state index is 12.5. The molecule has 23 heavy (non-hydrogen) atoms. The van der Waals surface area contributed by atoms with Crippen molar-refractivity contribution in [3.05, 3.63) is 35.9 Å². The number of carbonyl (C=O) groups excluding carboxylic acids is 1. The first-order valence-corrected chi connectivity index (χ1v) is 7.80. The monoisotopic (exact) mass is 321 g/mol. The lowest BCUT2D eigenvalue weighted by atomic mass is 10.0. The van der Waals surface area contributed by atoms with E-state index in [9.17, 15) is 14.7 Å². The Morgan fingerprint density at radius 2 is 1.96 bits per heavy atom. The zero-order valence-corrected chi connectivity index (χ0v) is 13.5. The summed E-state index contributed by atoms with van der Waals surface area (Å²) in [6, 6.07) is 9.21. The van der Waals surface area contributed by atoms with Crippen LogP contribution in [0.2, 0.25) is 0 Å². The van der Waals surface area contributed by atoms with Crippen molar-refractivity contribution in [2.45, 2.75) is 44.9 Å². The Balaban J connectivity index is 2.09. The molecule has 0 spiro atoms. The van der Waals surface area contributed by atoms with Crippen LogP contribution in [0, 0.1) is 0 Å². The summed E-state index contributed by atoms with van der Waals surface area (Å²) < 4.78 is 10.6. The van der Waals surface area contributed by atoms with Crippen LogP contribution in [-0.2, 0) is 20.9 Å². The first kappa shape index (κ1) is 17.3. The second-order valence-corrected chi connectivity index (χ2v) is 5.86. The summed E-state index contributed by atoms with van der Waals surface area (Å²) in [6.07, 6.45) is 0.964. The van der Waals surface area contributed by atoms with Gasteiger partial charge in [0.15, 0.2) is 5.54 Å². The molecule has 1 unspecified atom stereocenters.